The third-order valence-corrected chi connectivity index (χ3v) is 4.45. The fourth-order valence-corrected chi connectivity index (χ4v) is 2.84. The number of carbonyl (C=O) groups excluding carboxylic acids is 2. The predicted octanol–water partition coefficient (Wildman–Crippen LogP) is 5.00. The second kappa shape index (κ2) is 8.08. The fourth-order valence-electron chi connectivity index (χ4n) is 2.84. The molecule has 0 atom stereocenters. The Morgan fingerprint density at radius 2 is 1.63 bits per heavy atom. The number of halogens is 1. The van der Waals surface area contributed by atoms with Crippen LogP contribution in [0.3, 0.4) is 0 Å². The molecule has 0 bridgehead atoms. The summed E-state index contributed by atoms with van der Waals surface area (Å²) in [5, 5.41) is 6.71. The van der Waals surface area contributed by atoms with Gasteiger partial charge in [0.15, 0.2) is 5.78 Å². The van der Waals surface area contributed by atoms with E-state index in [1.807, 2.05) is 0 Å². The van der Waals surface area contributed by atoms with Gasteiger partial charge in [-0.15, -0.1) is 0 Å². The number of amides is 1. The van der Waals surface area contributed by atoms with Gasteiger partial charge < -0.3 is 9.84 Å². The lowest BCUT2D eigenvalue weighted by Crippen LogP contribution is -2.12. The Balaban J connectivity index is 1.53. The van der Waals surface area contributed by atoms with Crippen LogP contribution in [0.4, 0.5) is 10.1 Å². The highest BCUT2D eigenvalue weighted by Crippen LogP contribution is 2.23. The van der Waals surface area contributed by atoms with Gasteiger partial charge in [-0.25, -0.2) is 4.39 Å². The van der Waals surface area contributed by atoms with Crippen LogP contribution in [0.2, 0.25) is 0 Å². The van der Waals surface area contributed by atoms with Crippen LogP contribution >= 0.6 is 0 Å². The van der Waals surface area contributed by atoms with Crippen molar-refractivity contribution in [1.29, 1.82) is 0 Å². The molecule has 4 rings (SSSR count). The number of ketones is 1. The molecule has 1 heterocycles. The Kier molecular flexibility index (Phi) is 5.17. The number of hydrogen-bond donors (Lipinski definition) is 1. The normalized spacial score (nSPS) is 10.6. The lowest BCUT2D eigenvalue weighted by atomic mass is 10.1. The number of nitrogens with one attached hydrogen (secondary N) is 1. The van der Waals surface area contributed by atoms with E-state index in [1.165, 1.54) is 19.1 Å². The second-order valence-corrected chi connectivity index (χ2v) is 6.60. The SMILES string of the molecule is CC(=O)c1ccc(NC(=O)c2cccc(-c3nc(-c4ccc(F)cc4)no3)c2)cc1. The molecular weight excluding hydrogens is 385 g/mol. The molecule has 7 heteroatoms. The zero-order valence-corrected chi connectivity index (χ0v) is 15.9. The molecule has 0 aliphatic rings. The predicted molar refractivity (Wildman–Crippen MR) is 110 cm³/mol. The molecule has 1 aromatic heterocycles. The molecule has 3 aromatic carbocycles. The number of aromatic nitrogens is 2. The zero-order chi connectivity index (χ0) is 21.1. The van der Waals surface area contributed by atoms with Crippen LogP contribution in [0.15, 0.2) is 77.3 Å². The van der Waals surface area contributed by atoms with Gasteiger partial charge in [-0.2, -0.15) is 4.98 Å². The largest absolute Gasteiger partial charge is 0.334 e. The summed E-state index contributed by atoms with van der Waals surface area (Å²) in [6, 6.07) is 19.2. The van der Waals surface area contributed by atoms with Crippen molar-refractivity contribution in [3.8, 4) is 22.8 Å². The van der Waals surface area contributed by atoms with Crippen LogP contribution in [-0.4, -0.2) is 21.8 Å². The van der Waals surface area contributed by atoms with E-state index in [9.17, 15) is 14.0 Å². The standard InChI is InChI=1S/C23H16FN3O3/c1-14(28)15-7-11-20(12-8-15)25-22(29)17-3-2-4-18(13-17)23-26-21(27-30-23)16-5-9-19(24)10-6-16/h2-13H,1H3,(H,25,29). The van der Waals surface area contributed by atoms with Gasteiger partial charge in [0.25, 0.3) is 11.8 Å². The van der Waals surface area contributed by atoms with Gasteiger partial charge in [0.05, 0.1) is 0 Å². The summed E-state index contributed by atoms with van der Waals surface area (Å²) in [4.78, 5) is 28.3. The van der Waals surface area contributed by atoms with Crippen molar-refractivity contribution in [1.82, 2.24) is 10.1 Å². The van der Waals surface area contributed by atoms with E-state index in [0.29, 0.717) is 33.8 Å². The Bertz CT molecular complexity index is 1220. The summed E-state index contributed by atoms with van der Waals surface area (Å²) in [6.07, 6.45) is 0. The number of Topliss-reactive ketones (excluding diaryl/α,β-unsaturated/α-hetero) is 1. The minimum absolute atomic E-state index is 0.0415. The Hall–Kier alpha value is -4.13. The first-order valence-electron chi connectivity index (χ1n) is 9.12. The molecule has 0 saturated heterocycles. The average molecular weight is 401 g/mol. The second-order valence-electron chi connectivity index (χ2n) is 6.60. The molecular formula is C23H16FN3O3. The highest BCUT2D eigenvalue weighted by atomic mass is 19.1. The Labute approximate surface area is 171 Å². The van der Waals surface area contributed by atoms with Gasteiger partial charge in [0, 0.05) is 27.9 Å². The van der Waals surface area contributed by atoms with Crippen molar-refractivity contribution in [3.63, 3.8) is 0 Å². The molecule has 4 aromatic rings. The van der Waals surface area contributed by atoms with Crippen molar-refractivity contribution >= 4 is 17.4 Å². The third-order valence-electron chi connectivity index (χ3n) is 4.45. The first-order valence-corrected chi connectivity index (χ1v) is 9.12. The van der Waals surface area contributed by atoms with E-state index < -0.39 is 0 Å². The number of carbonyl (C=O) groups is 2. The Morgan fingerprint density at radius 1 is 0.900 bits per heavy atom. The van der Waals surface area contributed by atoms with Gasteiger partial charge in [0.1, 0.15) is 5.82 Å². The van der Waals surface area contributed by atoms with Gasteiger partial charge in [-0.3, -0.25) is 9.59 Å². The zero-order valence-electron chi connectivity index (χ0n) is 15.9. The van der Waals surface area contributed by atoms with Gasteiger partial charge in [-0.05, 0) is 73.7 Å². The molecule has 1 amide bonds. The van der Waals surface area contributed by atoms with E-state index in [-0.39, 0.29) is 23.4 Å². The van der Waals surface area contributed by atoms with Crippen molar-refractivity contribution < 1.29 is 18.5 Å². The van der Waals surface area contributed by atoms with Crippen LogP contribution in [0.1, 0.15) is 27.6 Å². The van der Waals surface area contributed by atoms with Crippen LogP contribution in [0.5, 0.6) is 0 Å². The minimum Gasteiger partial charge on any atom is -0.334 e. The molecule has 6 nitrogen and oxygen atoms in total. The summed E-state index contributed by atoms with van der Waals surface area (Å²) < 4.78 is 18.4. The van der Waals surface area contributed by atoms with Crippen LogP contribution in [0.25, 0.3) is 22.8 Å². The molecule has 0 spiro atoms. The molecule has 0 aliphatic carbocycles. The molecule has 0 aliphatic heterocycles. The van der Waals surface area contributed by atoms with Crippen LogP contribution in [0, 0.1) is 5.82 Å². The molecule has 0 fully saturated rings. The maximum absolute atomic E-state index is 13.1. The summed E-state index contributed by atoms with van der Waals surface area (Å²) in [7, 11) is 0. The van der Waals surface area contributed by atoms with Crippen molar-refractivity contribution in [2.75, 3.05) is 5.32 Å². The number of hydrogen-bond acceptors (Lipinski definition) is 5. The minimum atomic E-state index is -0.350. The van der Waals surface area contributed by atoms with E-state index >= 15 is 0 Å². The third kappa shape index (κ3) is 4.15. The number of nitrogens with zero attached hydrogens (tertiary/aromatic N) is 2. The monoisotopic (exact) mass is 401 g/mol. The van der Waals surface area contributed by atoms with E-state index in [4.69, 9.17) is 4.52 Å². The smallest absolute Gasteiger partial charge is 0.258 e. The lowest BCUT2D eigenvalue weighted by molar-refractivity contribution is 0.101. The van der Waals surface area contributed by atoms with Crippen molar-refractivity contribution in [3.05, 3.63) is 89.7 Å². The van der Waals surface area contributed by atoms with E-state index in [2.05, 4.69) is 15.5 Å². The molecule has 0 radical (unpaired) electrons. The maximum Gasteiger partial charge on any atom is 0.258 e. The molecule has 1 N–H and O–H groups in total. The van der Waals surface area contributed by atoms with E-state index in [0.717, 1.165) is 0 Å². The number of anilines is 1. The summed E-state index contributed by atoms with van der Waals surface area (Å²) in [5.41, 5.74) is 2.75. The lowest BCUT2D eigenvalue weighted by Gasteiger charge is -2.06. The van der Waals surface area contributed by atoms with Gasteiger partial charge in [0.2, 0.25) is 5.82 Å². The van der Waals surface area contributed by atoms with E-state index in [1.54, 1.807) is 60.7 Å². The summed E-state index contributed by atoms with van der Waals surface area (Å²) in [6.45, 7) is 1.48. The van der Waals surface area contributed by atoms with Gasteiger partial charge >= 0.3 is 0 Å². The van der Waals surface area contributed by atoms with Crippen molar-refractivity contribution in [2.45, 2.75) is 6.92 Å². The van der Waals surface area contributed by atoms with Gasteiger partial charge in [-0.1, -0.05) is 11.2 Å². The molecule has 148 valence electrons. The summed E-state index contributed by atoms with van der Waals surface area (Å²) >= 11 is 0. The first kappa shape index (κ1) is 19.2. The number of rotatable bonds is 5. The topological polar surface area (TPSA) is 85.1 Å². The highest BCUT2D eigenvalue weighted by Gasteiger charge is 2.13. The Morgan fingerprint density at radius 3 is 2.33 bits per heavy atom. The number of benzene rings is 3. The quantitative estimate of drug-likeness (QED) is 0.476. The average Bonchev–Trinajstić information content (AvgIpc) is 3.25. The first-order chi connectivity index (χ1) is 14.5. The van der Waals surface area contributed by atoms with Crippen LogP contribution < -0.4 is 5.32 Å². The fraction of sp³-hybridized carbons (Fsp3) is 0.0435. The van der Waals surface area contributed by atoms with Crippen LogP contribution in [-0.2, 0) is 0 Å². The maximum atomic E-state index is 13.1. The highest BCUT2D eigenvalue weighted by molar-refractivity contribution is 6.05. The van der Waals surface area contributed by atoms with Crippen molar-refractivity contribution in [2.24, 2.45) is 0 Å². The molecule has 0 unspecified atom stereocenters. The molecule has 30 heavy (non-hydrogen) atoms. The molecule has 0 saturated carbocycles. The summed E-state index contributed by atoms with van der Waals surface area (Å²) in [5.74, 6) is -0.136.